The lowest BCUT2D eigenvalue weighted by Gasteiger charge is -2.17. The van der Waals surface area contributed by atoms with Gasteiger partial charge in [0.15, 0.2) is 0 Å². The number of hydrogen-bond acceptors (Lipinski definition) is 6. The van der Waals surface area contributed by atoms with Gasteiger partial charge in [0.1, 0.15) is 18.2 Å². The van der Waals surface area contributed by atoms with Crippen LogP contribution >= 0.6 is 0 Å². The summed E-state index contributed by atoms with van der Waals surface area (Å²) in [5, 5.41) is 19.0. The smallest absolute Gasteiger partial charge is 0.356 e. The molecule has 2 N–H and O–H groups in total. The van der Waals surface area contributed by atoms with E-state index in [2.05, 4.69) is 24.6 Å². The van der Waals surface area contributed by atoms with Crippen LogP contribution in [0.1, 0.15) is 28.5 Å². The molecule has 0 aliphatic carbocycles. The van der Waals surface area contributed by atoms with Gasteiger partial charge in [0, 0.05) is 20.2 Å². The third-order valence-electron chi connectivity index (χ3n) is 4.36. The molecule has 2 rings (SSSR count). The first-order chi connectivity index (χ1) is 13.3. The number of esters is 1. The minimum atomic E-state index is -1.22. The van der Waals surface area contributed by atoms with Gasteiger partial charge < -0.3 is 19.7 Å². The summed E-state index contributed by atoms with van der Waals surface area (Å²) in [4.78, 5) is 16.7. The second kappa shape index (κ2) is 9.97. The fourth-order valence-corrected chi connectivity index (χ4v) is 3.46. The maximum absolute atomic E-state index is 12.3. The van der Waals surface area contributed by atoms with E-state index in [1.165, 1.54) is 6.20 Å². The normalized spacial score (nSPS) is 11.6. The SMILES string of the molecule is CCOC(=O)c1cnc(-c2ccc(CO)c(CO)c2)n1COCC[Si](C)(C)C. The molecule has 0 bridgehead atoms. The van der Waals surface area contributed by atoms with Crippen LogP contribution in [0.15, 0.2) is 24.4 Å². The number of imidazole rings is 1. The van der Waals surface area contributed by atoms with E-state index in [9.17, 15) is 15.0 Å². The van der Waals surface area contributed by atoms with E-state index in [4.69, 9.17) is 9.47 Å². The van der Waals surface area contributed by atoms with E-state index in [1.807, 2.05) is 0 Å². The summed E-state index contributed by atoms with van der Waals surface area (Å²) in [6.07, 6.45) is 1.48. The van der Waals surface area contributed by atoms with E-state index < -0.39 is 14.0 Å². The molecule has 0 amide bonds. The zero-order valence-electron chi connectivity index (χ0n) is 17.1. The molecule has 154 valence electrons. The second-order valence-electron chi connectivity index (χ2n) is 7.76. The molecule has 1 aromatic heterocycles. The molecule has 0 aliphatic rings. The standard InChI is InChI=1S/C20H30N2O5Si/c1-5-27-20(25)18-11-21-19(22(18)14-26-8-9-28(2,3)4)15-6-7-16(12-23)17(10-15)13-24/h6-7,10-11,23-24H,5,8-9,12-14H2,1-4H3. The number of rotatable bonds is 10. The van der Waals surface area contributed by atoms with Gasteiger partial charge in [-0.2, -0.15) is 0 Å². The Morgan fingerprint density at radius 3 is 2.50 bits per heavy atom. The van der Waals surface area contributed by atoms with Gasteiger partial charge in [0.25, 0.3) is 0 Å². The van der Waals surface area contributed by atoms with Crippen LogP contribution in [0, 0.1) is 0 Å². The van der Waals surface area contributed by atoms with Gasteiger partial charge in [-0.25, -0.2) is 9.78 Å². The van der Waals surface area contributed by atoms with Gasteiger partial charge in [0.2, 0.25) is 0 Å². The van der Waals surface area contributed by atoms with Crippen molar-refractivity contribution in [3.05, 3.63) is 41.2 Å². The molecule has 0 saturated heterocycles. The summed E-state index contributed by atoms with van der Waals surface area (Å²) in [6, 6.07) is 6.34. The molecule has 0 atom stereocenters. The van der Waals surface area contributed by atoms with Crippen LogP contribution in [-0.2, 0) is 29.4 Å². The summed E-state index contributed by atoms with van der Waals surface area (Å²) >= 11 is 0. The molecular weight excluding hydrogens is 376 g/mol. The van der Waals surface area contributed by atoms with E-state index in [0.717, 1.165) is 11.6 Å². The molecule has 2 aromatic rings. The first kappa shape index (κ1) is 22.3. The predicted molar refractivity (Wildman–Crippen MR) is 110 cm³/mol. The van der Waals surface area contributed by atoms with Crippen molar-refractivity contribution in [3.8, 4) is 11.4 Å². The van der Waals surface area contributed by atoms with Crippen LogP contribution in [0.4, 0.5) is 0 Å². The molecule has 0 unspecified atom stereocenters. The number of aliphatic hydroxyl groups is 2. The Labute approximate surface area is 166 Å². The molecule has 28 heavy (non-hydrogen) atoms. The van der Waals surface area contributed by atoms with Crippen molar-refractivity contribution in [1.82, 2.24) is 9.55 Å². The van der Waals surface area contributed by atoms with Crippen molar-refractivity contribution in [1.29, 1.82) is 0 Å². The molecule has 7 nitrogen and oxygen atoms in total. The summed E-state index contributed by atoms with van der Waals surface area (Å²) in [7, 11) is -1.22. The fourth-order valence-electron chi connectivity index (χ4n) is 2.71. The second-order valence-corrected chi connectivity index (χ2v) is 13.4. The van der Waals surface area contributed by atoms with Crippen LogP contribution in [0.5, 0.6) is 0 Å². The Morgan fingerprint density at radius 2 is 1.89 bits per heavy atom. The van der Waals surface area contributed by atoms with E-state index in [-0.39, 0.29) is 26.6 Å². The maximum atomic E-state index is 12.3. The molecule has 8 heteroatoms. The Bertz CT molecular complexity index is 798. The van der Waals surface area contributed by atoms with Crippen molar-refractivity contribution in [2.75, 3.05) is 13.2 Å². The third-order valence-corrected chi connectivity index (χ3v) is 6.07. The minimum Gasteiger partial charge on any atom is -0.461 e. The fraction of sp³-hybridized carbons (Fsp3) is 0.500. The number of ether oxygens (including phenoxy) is 2. The lowest BCUT2D eigenvalue weighted by Crippen LogP contribution is -2.22. The van der Waals surface area contributed by atoms with Crippen LogP contribution in [0.3, 0.4) is 0 Å². The molecule has 0 radical (unpaired) electrons. The number of carbonyl (C=O) groups excluding carboxylic acids is 1. The van der Waals surface area contributed by atoms with E-state index in [1.54, 1.807) is 29.7 Å². The van der Waals surface area contributed by atoms with E-state index in [0.29, 0.717) is 29.3 Å². The molecule has 1 aromatic carbocycles. The van der Waals surface area contributed by atoms with Gasteiger partial charge in [-0.05, 0) is 30.2 Å². The van der Waals surface area contributed by atoms with Gasteiger partial charge in [-0.15, -0.1) is 0 Å². The predicted octanol–water partition coefficient (Wildman–Crippen LogP) is 3.02. The molecule has 0 fully saturated rings. The summed E-state index contributed by atoms with van der Waals surface area (Å²) in [5.41, 5.74) is 2.32. The average molecular weight is 407 g/mol. The first-order valence-corrected chi connectivity index (χ1v) is 13.2. The van der Waals surface area contributed by atoms with Crippen molar-refractivity contribution >= 4 is 14.0 Å². The molecular formula is C20H30N2O5Si. The zero-order chi connectivity index (χ0) is 20.7. The highest BCUT2D eigenvalue weighted by Gasteiger charge is 2.20. The minimum absolute atomic E-state index is 0.154. The molecule has 0 spiro atoms. The monoisotopic (exact) mass is 406 g/mol. The van der Waals surface area contributed by atoms with Crippen molar-refractivity contribution in [2.45, 2.75) is 52.6 Å². The van der Waals surface area contributed by atoms with Gasteiger partial charge in [-0.3, -0.25) is 4.57 Å². The summed E-state index contributed by atoms with van der Waals surface area (Å²) < 4.78 is 12.7. The molecule has 0 aliphatic heterocycles. The largest absolute Gasteiger partial charge is 0.461 e. The molecule has 1 heterocycles. The highest BCUT2D eigenvalue weighted by molar-refractivity contribution is 6.76. The Kier molecular flexibility index (Phi) is 7.94. The number of aliphatic hydroxyl groups excluding tert-OH is 2. The van der Waals surface area contributed by atoms with Crippen LogP contribution < -0.4 is 0 Å². The van der Waals surface area contributed by atoms with Crippen molar-refractivity contribution in [2.24, 2.45) is 0 Å². The highest BCUT2D eigenvalue weighted by Crippen LogP contribution is 2.24. The van der Waals surface area contributed by atoms with Crippen LogP contribution in [-0.4, -0.2) is 47.0 Å². The lowest BCUT2D eigenvalue weighted by molar-refractivity contribution is 0.0475. The lowest BCUT2D eigenvalue weighted by atomic mass is 10.0. The average Bonchev–Trinajstić information content (AvgIpc) is 3.08. The van der Waals surface area contributed by atoms with Crippen LogP contribution in [0.2, 0.25) is 25.7 Å². The molecule has 0 saturated carbocycles. The van der Waals surface area contributed by atoms with Crippen molar-refractivity contribution < 1.29 is 24.5 Å². The van der Waals surface area contributed by atoms with E-state index >= 15 is 0 Å². The quantitative estimate of drug-likeness (QED) is 0.358. The maximum Gasteiger partial charge on any atom is 0.356 e. The number of carbonyl (C=O) groups is 1. The number of aromatic nitrogens is 2. The van der Waals surface area contributed by atoms with Crippen LogP contribution in [0.25, 0.3) is 11.4 Å². The number of hydrogen-bond donors (Lipinski definition) is 2. The number of benzene rings is 1. The topological polar surface area (TPSA) is 93.8 Å². The first-order valence-electron chi connectivity index (χ1n) is 9.45. The zero-order valence-corrected chi connectivity index (χ0v) is 18.1. The van der Waals surface area contributed by atoms with Gasteiger partial charge in [0.05, 0.1) is 26.0 Å². The van der Waals surface area contributed by atoms with Gasteiger partial charge in [-0.1, -0.05) is 31.8 Å². The van der Waals surface area contributed by atoms with Gasteiger partial charge >= 0.3 is 5.97 Å². The highest BCUT2D eigenvalue weighted by atomic mass is 28.3. The third kappa shape index (κ3) is 5.75. The number of nitrogens with zero attached hydrogens (tertiary/aromatic N) is 2. The Balaban J connectivity index is 2.34. The Morgan fingerprint density at radius 1 is 1.18 bits per heavy atom. The van der Waals surface area contributed by atoms with Crippen molar-refractivity contribution in [3.63, 3.8) is 0 Å². The summed E-state index contributed by atoms with van der Waals surface area (Å²) in [5.74, 6) is 0.0969. The summed E-state index contributed by atoms with van der Waals surface area (Å²) in [6.45, 7) is 9.32. The Hall–Kier alpha value is -2.00.